The first-order valence-electron chi connectivity index (χ1n) is 8.48. The van der Waals surface area contributed by atoms with Crippen molar-refractivity contribution in [3.05, 3.63) is 64.7 Å². The van der Waals surface area contributed by atoms with Crippen molar-refractivity contribution in [3.8, 4) is 0 Å². The third-order valence-electron chi connectivity index (χ3n) is 4.47. The summed E-state index contributed by atoms with van der Waals surface area (Å²) in [5, 5.41) is 0.880. The second kappa shape index (κ2) is 8.65. The lowest BCUT2D eigenvalue weighted by Gasteiger charge is -2.20. The zero-order chi connectivity index (χ0) is 19.4. The molecule has 0 spiro atoms. The maximum absolute atomic E-state index is 13.0. The number of rotatable bonds is 4. The van der Waals surface area contributed by atoms with E-state index in [0.717, 1.165) is 5.56 Å². The first-order chi connectivity index (χ1) is 12.9. The van der Waals surface area contributed by atoms with E-state index in [1.807, 2.05) is 24.3 Å². The molecule has 3 rings (SSSR count). The molecule has 1 unspecified atom stereocenters. The van der Waals surface area contributed by atoms with Gasteiger partial charge < -0.3 is 4.74 Å². The zero-order valence-electron chi connectivity index (χ0n) is 14.8. The molecule has 1 heterocycles. The average Bonchev–Trinajstić information content (AvgIpc) is 2.94. The van der Waals surface area contributed by atoms with Crippen LogP contribution in [-0.2, 0) is 14.8 Å². The Labute approximate surface area is 168 Å². The number of thioether (sulfide) groups is 1. The van der Waals surface area contributed by atoms with E-state index in [0.29, 0.717) is 35.8 Å². The fourth-order valence-electron chi connectivity index (χ4n) is 3.00. The number of halogens is 1. The number of carbonyl (C=O) groups excluding carboxylic acids is 1. The first-order valence-corrected chi connectivity index (χ1v) is 11.3. The highest BCUT2D eigenvalue weighted by molar-refractivity contribution is 7.99. The molecule has 0 amide bonds. The molecule has 2 aromatic carbocycles. The Morgan fingerprint density at radius 3 is 2.52 bits per heavy atom. The van der Waals surface area contributed by atoms with E-state index in [9.17, 15) is 13.2 Å². The molecule has 1 aliphatic rings. The lowest BCUT2D eigenvalue weighted by Crippen LogP contribution is -2.33. The van der Waals surface area contributed by atoms with Crippen LogP contribution in [0.4, 0.5) is 0 Å². The standard InChI is InChI=1S/C19H20ClNO4S2/c1-25-19(22)14-6-8-15(9-7-14)27(23,24)21-11-10-18(26-13-12-21)16-4-2-3-5-17(16)20/h2-9,18H,10-13H2,1H3. The normalized spacial score (nSPS) is 18.7. The fraction of sp³-hybridized carbons (Fsp3) is 0.316. The van der Waals surface area contributed by atoms with Crippen LogP contribution in [0.1, 0.15) is 27.6 Å². The van der Waals surface area contributed by atoms with E-state index < -0.39 is 16.0 Å². The summed E-state index contributed by atoms with van der Waals surface area (Å²) < 4.78 is 32.1. The summed E-state index contributed by atoms with van der Waals surface area (Å²) in [5.41, 5.74) is 1.37. The van der Waals surface area contributed by atoms with Gasteiger partial charge in [0.1, 0.15) is 0 Å². The summed E-state index contributed by atoms with van der Waals surface area (Å²) in [6, 6.07) is 13.5. The summed E-state index contributed by atoms with van der Waals surface area (Å²) in [6.45, 7) is 0.858. The number of methoxy groups -OCH3 is 1. The Hall–Kier alpha value is -1.54. The van der Waals surface area contributed by atoms with Crippen molar-refractivity contribution in [2.24, 2.45) is 0 Å². The van der Waals surface area contributed by atoms with Gasteiger partial charge in [-0.15, -0.1) is 0 Å². The first kappa shape index (κ1) is 20.2. The van der Waals surface area contributed by atoms with Crippen LogP contribution >= 0.6 is 23.4 Å². The minimum atomic E-state index is -3.62. The van der Waals surface area contributed by atoms with Crippen molar-refractivity contribution in [3.63, 3.8) is 0 Å². The van der Waals surface area contributed by atoms with Crippen LogP contribution in [0.15, 0.2) is 53.4 Å². The number of nitrogens with zero attached hydrogens (tertiary/aromatic N) is 1. The van der Waals surface area contributed by atoms with Gasteiger partial charge in [0, 0.05) is 29.1 Å². The van der Waals surface area contributed by atoms with Crippen LogP contribution in [0, 0.1) is 0 Å². The van der Waals surface area contributed by atoms with Crippen molar-refractivity contribution < 1.29 is 17.9 Å². The highest BCUT2D eigenvalue weighted by Crippen LogP contribution is 2.38. The van der Waals surface area contributed by atoms with Gasteiger partial charge >= 0.3 is 5.97 Å². The molecule has 0 bridgehead atoms. The molecule has 1 saturated heterocycles. The Kier molecular flexibility index (Phi) is 6.47. The Balaban J connectivity index is 1.76. The van der Waals surface area contributed by atoms with E-state index >= 15 is 0 Å². The van der Waals surface area contributed by atoms with Crippen molar-refractivity contribution in [1.29, 1.82) is 0 Å². The SMILES string of the molecule is COC(=O)c1ccc(S(=O)(=O)N2CCSC(c3ccccc3Cl)CC2)cc1. The number of sulfonamides is 1. The Morgan fingerprint density at radius 2 is 1.85 bits per heavy atom. The number of benzene rings is 2. The third-order valence-corrected chi connectivity index (χ3v) is 8.03. The molecule has 0 saturated carbocycles. The number of hydrogen-bond donors (Lipinski definition) is 0. The van der Waals surface area contributed by atoms with Crippen LogP contribution in [0.5, 0.6) is 0 Å². The van der Waals surface area contributed by atoms with Gasteiger partial charge in [0.2, 0.25) is 10.0 Å². The summed E-state index contributed by atoms with van der Waals surface area (Å²) >= 11 is 8.03. The molecule has 27 heavy (non-hydrogen) atoms. The molecule has 5 nitrogen and oxygen atoms in total. The molecular weight excluding hydrogens is 406 g/mol. The second-order valence-electron chi connectivity index (χ2n) is 6.09. The van der Waals surface area contributed by atoms with Crippen LogP contribution < -0.4 is 0 Å². The van der Waals surface area contributed by atoms with Gasteiger partial charge in [0.05, 0.1) is 17.6 Å². The Morgan fingerprint density at radius 1 is 1.15 bits per heavy atom. The summed E-state index contributed by atoms with van der Waals surface area (Å²) in [7, 11) is -2.33. The van der Waals surface area contributed by atoms with Crippen molar-refractivity contribution in [2.45, 2.75) is 16.6 Å². The quantitative estimate of drug-likeness (QED) is 0.693. The molecule has 1 aliphatic heterocycles. The predicted octanol–water partition coefficient (Wildman–Crippen LogP) is 4.00. The monoisotopic (exact) mass is 425 g/mol. The highest BCUT2D eigenvalue weighted by atomic mass is 35.5. The van der Waals surface area contributed by atoms with Gasteiger partial charge in [-0.05, 0) is 42.3 Å². The highest BCUT2D eigenvalue weighted by Gasteiger charge is 2.29. The number of esters is 1. The molecule has 8 heteroatoms. The molecule has 2 aromatic rings. The van der Waals surface area contributed by atoms with E-state index in [2.05, 4.69) is 4.74 Å². The van der Waals surface area contributed by atoms with Crippen LogP contribution in [0.2, 0.25) is 5.02 Å². The van der Waals surface area contributed by atoms with Gasteiger partial charge in [-0.3, -0.25) is 0 Å². The third kappa shape index (κ3) is 4.48. The second-order valence-corrected chi connectivity index (χ2v) is 9.75. The van der Waals surface area contributed by atoms with E-state index in [-0.39, 0.29) is 10.1 Å². The number of carbonyl (C=O) groups is 1. The zero-order valence-corrected chi connectivity index (χ0v) is 17.2. The van der Waals surface area contributed by atoms with E-state index in [1.54, 1.807) is 11.8 Å². The molecule has 1 fully saturated rings. The molecule has 144 valence electrons. The average molecular weight is 426 g/mol. The molecule has 0 aliphatic carbocycles. The summed E-state index contributed by atoms with van der Waals surface area (Å²) in [6.07, 6.45) is 0.688. The predicted molar refractivity (Wildman–Crippen MR) is 108 cm³/mol. The molecule has 0 aromatic heterocycles. The van der Waals surface area contributed by atoms with Crippen molar-refractivity contribution in [1.82, 2.24) is 4.31 Å². The minimum Gasteiger partial charge on any atom is -0.465 e. The van der Waals surface area contributed by atoms with Crippen LogP contribution in [0.3, 0.4) is 0 Å². The van der Waals surface area contributed by atoms with Gasteiger partial charge in [-0.2, -0.15) is 16.1 Å². The van der Waals surface area contributed by atoms with Gasteiger partial charge in [0.25, 0.3) is 0 Å². The van der Waals surface area contributed by atoms with Crippen molar-refractivity contribution >= 4 is 39.4 Å². The van der Waals surface area contributed by atoms with Gasteiger partial charge in [-0.25, -0.2) is 13.2 Å². The minimum absolute atomic E-state index is 0.167. The topological polar surface area (TPSA) is 63.7 Å². The van der Waals surface area contributed by atoms with Crippen molar-refractivity contribution in [2.75, 3.05) is 26.0 Å². The number of hydrogen-bond acceptors (Lipinski definition) is 5. The summed E-state index contributed by atoms with van der Waals surface area (Å²) in [5.74, 6) is 0.197. The van der Waals surface area contributed by atoms with E-state index in [1.165, 1.54) is 35.7 Å². The molecule has 0 radical (unpaired) electrons. The maximum atomic E-state index is 13.0. The Bertz CT molecular complexity index is 916. The summed E-state index contributed by atoms with van der Waals surface area (Å²) in [4.78, 5) is 11.7. The molecular formula is C19H20ClNO4S2. The van der Waals surface area contributed by atoms with Gasteiger partial charge in [-0.1, -0.05) is 29.8 Å². The van der Waals surface area contributed by atoms with Crippen LogP contribution in [0.25, 0.3) is 0 Å². The number of ether oxygens (including phenoxy) is 1. The molecule has 0 N–H and O–H groups in total. The molecule has 1 atom stereocenters. The fourth-order valence-corrected chi connectivity index (χ4v) is 6.18. The van der Waals surface area contributed by atoms with E-state index in [4.69, 9.17) is 11.6 Å². The lowest BCUT2D eigenvalue weighted by atomic mass is 10.1. The lowest BCUT2D eigenvalue weighted by molar-refractivity contribution is 0.0600. The smallest absolute Gasteiger partial charge is 0.337 e. The van der Waals surface area contributed by atoms with Crippen LogP contribution in [-0.4, -0.2) is 44.6 Å². The largest absolute Gasteiger partial charge is 0.465 e. The maximum Gasteiger partial charge on any atom is 0.337 e. The van der Waals surface area contributed by atoms with Gasteiger partial charge in [0.15, 0.2) is 0 Å².